The van der Waals surface area contributed by atoms with Gasteiger partial charge in [-0.1, -0.05) is 51.5 Å². The molecule has 0 radical (unpaired) electrons. The van der Waals surface area contributed by atoms with E-state index in [1.54, 1.807) is 0 Å². The summed E-state index contributed by atoms with van der Waals surface area (Å²) in [6.07, 6.45) is 6.89. The van der Waals surface area contributed by atoms with Crippen molar-refractivity contribution in [3.8, 4) is 0 Å². The number of unbranched alkanes of at least 4 members (excludes halogenated alkanes) is 5. The van der Waals surface area contributed by atoms with Crippen molar-refractivity contribution in [3.63, 3.8) is 0 Å². The van der Waals surface area contributed by atoms with Crippen LogP contribution in [0.25, 0.3) is 0 Å². The number of hydrogen-bond acceptors (Lipinski definition) is 1. The largest absolute Gasteiger partial charge is 0.393 e. The molecule has 1 aromatic carbocycles. The molecule has 1 nitrogen and oxygen atoms in total. The molecule has 1 aromatic rings. The van der Waals surface area contributed by atoms with Crippen molar-refractivity contribution in [1.29, 1.82) is 0 Å². The zero-order valence-electron chi connectivity index (χ0n) is 11.7. The average Bonchev–Trinajstić information content (AvgIpc) is 2.38. The summed E-state index contributed by atoms with van der Waals surface area (Å²) in [6.45, 7) is 2.17. The molecule has 1 atom stereocenters. The molecule has 19 heavy (non-hydrogen) atoms. The van der Waals surface area contributed by atoms with Gasteiger partial charge in [-0.15, -0.1) is 0 Å². The highest BCUT2D eigenvalue weighted by Crippen LogP contribution is 2.17. The summed E-state index contributed by atoms with van der Waals surface area (Å²) in [5.74, 6) is -1.14. The fourth-order valence-electron chi connectivity index (χ4n) is 2.23. The lowest BCUT2D eigenvalue weighted by molar-refractivity contribution is 0.158. The summed E-state index contributed by atoms with van der Waals surface area (Å²) in [5, 5.41) is 9.82. The van der Waals surface area contributed by atoms with Crippen molar-refractivity contribution >= 4 is 0 Å². The fourth-order valence-corrected chi connectivity index (χ4v) is 2.23. The van der Waals surface area contributed by atoms with E-state index in [1.807, 2.05) is 0 Å². The highest BCUT2D eigenvalue weighted by atomic mass is 19.1. The Morgan fingerprint density at radius 2 is 1.58 bits per heavy atom. The third-order valence-corrected chi connectivity index (χ3v) is 3.39. The van der Waals surface area contributed by atoms with Gasteiger partial charge in [0.05, 0.1) is 6.10 Å². The van der Waals surface area contributed by atoms with Crippen LogP contribution in [0.1, 0.15) is 57.4 Å². The lowest BCUT2D eigenvalue weighted by Gasteiger charge is -2.11. The normalized spacial score (nSPS) is 12.6. The van der Waals surface area contributed by atoms with E-state index < -0.39 is 17.7 Å². The monoisotopic (exact) mass is 270 g/mol. The summed E-state index contributed by atoms with van der Waals surface area (Å²) in [4.78, 5) is 0. The standard InChI is InChI=1S/C16H24F2O/c1-2-3-4-5-6-7-9-13(19)12-14-15(17)10-8-11-16(14)18/h8,10-11,13,19H,2-7,9,12H2,1H3. The van der Waals surface area contributed by atoms with E-state index >= 15 is 0 Å². The zero-order valence-corrected chi connectivity index (χ0v) is 11.7. The molecule has 0 aromatic heterocycles. The van der Waals surface area contributed by atoms with E-state index in [0.29, 0.717) is 6.42 Å². The van der Waals surface area contributed by atoms with E-state index in [9.17, 15) is 13.9 Å². The second-order valence-corrected chi connectivity index (χ2v) is 5.11. The van der Waals surface area contributed by atoms with Crippen LogP contribution in [0.3, 0.4) is 0 Å². The van der Waals surface area contributed by atoms with Crippen LogP contribution in [0.15, 0.2) is 18.2 Å². The van der Waals surface area contributed by atoms with E-state index in [1.165, 1.54) is 43.9 Å². The second-order valence-electron chi connectivity index (χ2n) is 5.11. The minimum atomic E-state index is -0.655. The Morgan fingerprint density at radius 1 is 1.00 bits per heavy atom. The fraction of sp³-hybridized carbons (Fsp3) is 0.625. The van der Waals surface area contributed by atoms with Gasteiger partial charge in [0.2, 0.25) is 0 Å². The van der Waals surface area contributed by atoms with Crippen LogP contribution in [-0.2, 0) is 6.42 Å². The lowest BCUT2D eigenvalue weighted by atomic mass is 10.0. The first-order valence-electron chi connectivity index (χ1n) is 7.26. The van der Waals surface area contributed by atoms with Gasteiger partial charge in [0.1, 0.15) is 11.6 Å². The van der Waals surface area contributed by atoms with Gasteiger partial charge in [-0.3, -0.25) is 0 Å². The molecule has 0 saturated heterocycles. The van der Waals surface area contributed by atoms with Gasteiger partial charge in [-0.2, -0.15) is 0 Å². The van der Waals surface area contributed by atoms with Crippen molar-refractivity contribution in [2.75, 3.05) is 0 Å². The topological polar surface area (TPSA) is 20.2 Å². The van der Waals surface area contributed by atoms with E-state index in [-0.39, 0.29) is 12.0 Å². The Hall–Kier alpha value is -0.960. The third kappa shape index (κ3) is 6.15. The van der Waals surface area contributed by atoms with Crippen LogP contribution >= 0.6 is 0 Å². The molecule has 0 amide bonds. The van der Waals surface area contributed by atoms with Crippen molar-refractivity contribution in [2.24, 2.45) is 0 Å². The molecular formula is C16H24F2O. The van der Waals surface area contributed by atoms with E-state index in [0.717, 1.165) is 12.8 Å². The zero-order chi connectivity index (χ0) is 14.1. The second kappa shape index (κ2) is 9.03. The van der Waals surface area contributed by atoms with Crippen LogP contribution in [-0.4, -0.2) is 11.2 Å². The molecule has 0 spiro atoms. The molecule has 0 bridgehead atoms. The van der Waals surface area contributed by atoms with Gasteiger partial charge in [-0.25, -0.2) is 8.78 Å². The Bertz CT molecular complexity index is 346. The third-order valence-electron chi connectivity index (χ3n) is 3.39. The Kier molecular flexibility index (Phi) is 7.65. The smallest absolute Gasteiger partial charge is 0.129 e. The van der Waals surface area contributed by atoms with Crippen molar-refractivity contribution < 1.29 is 13.9 Å². The van der Waals surface area contributed by atoms with Gasteiger partial charge in [0, 0.05) is 12.0 Å². The molecule has 1 rings (SSSR count). The highest BCUT2D eigenvalue weighted by molar-refractivity contribution is 5.20. The maximum absolute atomic E-state index is 13.4. The maximum Gasteiger partial charge on any atom is 0.129 e. The Labute approximate surface area is 114 Å². The van der Waals surface area contributed by atoms with Crippen LogP contribution in [0.5, 0.6) is 0 Å². The molecular weight excluding hydrogens is 246 g/mol. The van der Waals surface area contributed by atoms with E-state index in [4.69, 9.17) is 0 Å². The number of benzene rings is 1. The number of rotatable bonds is 9. The van der Waals surface area contributed by atoms with Crippen LogP contribution in [0.2, 0.25) is 0 Å². The first-order chi connectivity index (χ1) is 9.15. The van der Waals surface area contributed by atoms with Gasteiger partial charge in [-0.05, 0) is 18.6 Å². The summed E-state index contributed by atoms with van der Waals surface area (Å²) in [7, 11) is 0. The predicted molar refractivity (Wildman–Crippen MR) is 74.1 cm³/mol. The molecule has 0 aliphatic carbocycles. The Balaban J connectivity index is 2.25. The van der Waals surface area contributed by atoms with Gasteiger partial charge < -0.3 is 5.11 Å². The molecule has 1 N–H and O–H groups in total. The summed E-state index contributed by atoms with van der Waals surface area (Å²) in [5.41, 5.74) is 0.000910. The lowest BCUT2D eigenvalue weighted by Crippen LogP contribution is -2.12. The number of hydrogen-bond donors (Lipinski definition) is 1. The number of aliphatic hydroxyl groups is 1. The Morgan fingerprint density at radius 3 is 2.21 bits per heavy atom. The number of aliphatic hydroxyl groups excluding tert-OH is 1. The molecule has 0 aliphatic heterocycles. The molecule has 0 saturated carbocycles. The van der Waals surface area contributed by atoms with Crippen LogP contribution in [0.4, 0.5) is 8.78 Å². The number of halogens is 2. The van der Waals surface area contributed by atoms with Crippen molar-refractivity contribution in [1.82, 2.24) is 0 Å². The molecule has 0 fully saturated rings. The molecule has 0 heterocycles. The summed E-state index contributed by atoms with van der Waals surface area (Å²) in [6, 6.07) is 3.81. The first kappa shape index (κ1) is 16.1. The van der Waals surface area contributed by atoms with Crippen molar-refractivity contribution in [2.45, 2.75) is 64.4 Å². The minimum absolute atomic E-state index is 0.000910. The summed E-state index contributed by atoms with van der Waals surface area (Å²) < 4.78 is 26.8. The van der Waals surface area contributed by atoms with Crippen LogP contribution < -0.4 is 0 Å². The molecule has 3 heteroatoms. The SMILES string of the molecule is CCCCCCCCC(O)Cc1c(F)cccc1F. The van der Waals surface area contributed by atoms with Gasteiger partial charge >= 0.3 is 0 Å². The van der Waals surface area contributed by atoms with Crippen LogP contribution in [0, 0.1) is 11.6 Å². The maximum atomic E-state index is 13.4. The van der Waals surface area contributed by atoms with E-state index in [2.05, 4.69) is 6.92 Å². The van der Waals surface area contributed by atoms with Crippen molar-refractivity contribution in [3.05, 3.63) is 35.4 Å². The van der Waals surface area contributed by atoms with Gasteiger partial charge in [0.15, 0.2) is 0 Å². The molecule has 0 aliphatic rings. The van der Waals surface area contributed by atoms with Gasteiger partial charge in [0.25, 0.3) is 0 Å². The highest BCUT2D eigenvalue weighted by Gasteiger charge is 2.13. The molecule has 108 valence electrons. The minimum Gasteiger partial charge on any atom is -0.393 e. The average molecular weight is 270 g/mol. The first-order valence-corrected chi connectivity index (χ1v) is 7.26. The quantitative estimate of drug-likeness (QED) is 0.649. The predicted octanol–water partition coefficient (Wildman–Crippen LogP) is 4.62. The molecule has 1 unspecified atom stereocenters. The summed E-state index contributed by atoms with van der Waals surface area (Å²) >= 11 is 0.